The Kier molecular flexibility index (Phi) is 5.59. The van der Waals surface area contributed by atoms with Gasteiger partial charge in [-0.2, -0.15) is 0 Å². The van der Waals surface area contributed by atoms with Gasteiger partial charge in [0.1, 0.15) is 17.2 Å². The van der Waals surface area contributed by atoms with Crippen LogP contribution >= 0.6 is 0 Å². The van der Waals surface area contributed by atoms with Crippen molar-refractivity contribution in [3.05, 3.63) is 48.5 Å². The van der Waals surface area contributed by atoms with Gasteiger partial charge >= 0.3 is 0 Å². The molecule has 0 saturated carbocycles. The van der Waals surface area contributed by atoms with Gasteiger partial charge in [-0.05, 0) is 25.0 Å². The highest BCUT2D eigenvalue weighted by atomic mass is 16.5. The van der Waals surface area contributed by atoms with E-state index in [-0.39, 0.29) is 0 Å². The Morgan fingerprint density at radius 2 is 1.93 bits per heavy atom. The standard InChI is InChI=1S/C22H27N5O3/c1-26(2)20-21(24-10-9-23-20)27-11-7-22(28,8-12-27)15-18-14-19(25-30-18)16-5-4-6-17(13-16)29-3/h4-6,9-10,13-14,28H,7-8,11-12,15H2,1-3H3. The summed E-state index contributed by atoms with van der Waals surface area (Å²) in [5.41, 5.74) is 0.826. The Labute approximate surface area is 176 Å². The van der Waals surface area contributed by atoms with Gasteiger partial charge in [0.2, 0.25) is 0 Å². The largest absolute Gasteiger partial charge is 0.497 e. The van der Waals surface area contributed by atoms with Crippen LogP contribution in [0.25, 0.3) is 11.3 Å². The molecule has 1 saturated heterocycles. The van der Waals surface area contributed by atoms with E-state index in [0.717, 1.165) is 28.6 Å². The molecule has 30 heavy (non-hydrogen) atoms. The number of ether oxygens (including phenoxy) is 1. The van der Waals surface area contributed by atoms with Crippen LogP contribution in [0.15, 0.2) is 47.2 Å². The zero-order valence-corrected chi connectivity index (χ0v) is 17.6. The number of piperidine rings is 1. The van der Waals surface area contributed by atoms with Crippen LogP contribution in [-0.2, 0) is 6.42 Å². The molecule has 158 valence electrons. The van der Waals surface area contributed by atoms with Gasteiger partial charge in [0.15, 0.2) is 11.6 Å². The number of rotatable bonds is 6. The van der Waals surface area contributed by atoms with E-state index in [4.69, 9.17) is 9.26 Å². The maximum atomic E-state index is 11.1. The van der Waals surface area contributed by atoms with Crippen LogP contribution in [0.2, 0.25) is 0 Å². The maximum Gasteiger partial charge on any atom is 0.171 e. The first kappa shape index (κ1) is 20.2. The van der Waals surface area contributed by atoms with Crippen LogP contribution in [0.1, 0.15) is 18.6 Å². The quantitative estimate of drug-likeness (QED) is 0.665. The second kappa shape index (κ2) is 8.31. The number of benzene rings is 1. The van der Waals surface area contributed by atoms with Gasteiger partial charge in [0.25, 0.3) is 0 Å². The minimum Gasteiger partial charge on any atom is -0.497 e. The summed E-state index contributed by atoms with van der Waals surface area (Å²) in [6.45, 7) is 1.40. The van der Waals surface area contributed by atoms with E-state index in [1.807, 2.05) is 49.3 Å². The minimum absolute atomic E-state index is 0.429. The van der Waals surface area contributed by atoms with Gasteiger partial charge in [-0.15, -0.1) is 0 Å². The van der Waals surface area contributed by atoms with Crippen LogP contribution in [-0.4, -0.2) is 60.1 Å². The molecule has 0 spiro atoms. The van der Waals surface area contributed by atoms with Gasteiger partial charge in [0, 0.05) is 57.6 Å². The summed E-state index contributed by atoms with van der Waals surface area (Å²) in [7, 11) is 5.55. The maximum absolute atomic E-state index is 11.1. The fourth-order valence-corrected chi connectivity index (χ4v) is 3.81. The first-order valence-electron chi connectivity index (χ1n) is 10.0. The zero-order chi connectivity index (χ0) is 21.1. The normalized spacial score (nSPS) is 15.8. The molecule has 4 rings (SSSR count). The molecule has 0 aliphatic carbocycles. The van der Waals surface area contributed by atoms with Crippen LogP contribution in [0.5, 0.6) is 5.75 Å². The predicted molar refractivity (Wildman–Crippen MR) is 115 cm³/mol. The van der Waals surface area contributed by atoms with Crippen molar-refractivity contribution < 1.29 is 14.4 Å². The molecule has 1 N–H and O–H groups in total. The van der Waals surface area contributed by atoms with E-state index in [1.165, 1.54) is 0 Å². The third kappa shape index (κ3) is 4.23. The van der Waals surface area contributed by atoms with Gasteiger partial charge in [-0.1, -0.05) is 17.3 Å². The van der Waals surface area contributed by atoms with E-state index >= 15 is 0 Å². The van der Waals surface area contributed by atoms with Crippen LogP contribution < -0.4 is 14.5 Å². The van der Waals surface area contributed by atoms with Crippen molar-refractivity contribution in [3.8, 4) is 17.0 Å². The monoisotopic (exact) mass is 409 g/mol. The van der Waals surface area contributed by atoms with Crippen molar-refractivity contribution in [1.82, 2.24) is 15.1 Å². The number of hydrogen-bond acceptors (Lipinski definition) is 8. The lowest BCUT2D eigenvalue weighted by Gasteiger charge is -2.39. The minimum atomic E-state index is -0.831. The third-order valence-corrected chi connectivity index (χ3v) is 5.51. The molecule has 0 unspecified atom stereocenters. The average molecular weight is 409 g/mol. The topological polar surface area (TPSA) is 87.8 Å². The van der Waals surface area contributed by atoms with Crippen molar-refractivity contribution in [3.63, 3.8) is 0 Å². The van der Waals surface area contributed by atoms with Crippen molar-refractivity contribution in [2.75, 3.05) is 44.1 Å². The molecule has 0 radical (unpaired) electrons. The molecule has 1 aromatic carbocycles. The number of anilines is 2. The van der Waals surface area contributed by atoms with Crippen molar-refractivity contribution >= 4 is 11.6 Å². The lowest BCUT2D eigenvalue weighted by Crippen LogP contribution is -2.46. The SMILES string of the molecule is COc1cccc(-c2cc(CC3(O)CCN(c4nccnc4N(C)C)CC3)on2)c1. The Bertz CT molecular complexity index is 996. The molecule has 2 aromatic heterocycles. The van der Waals surface area contributed by atoms with E-state index in [1.54, 1.807) is 19.5 Å². The first-order chi connectivity index (χ1) is 14.5. The Morgan fingerprint density at radius 1 is 1.17 bits per heavy atom. The summed E-state index contributed by atoms with van der Waals surface area (Å²) in [5.74, 6) is 3.13. The average Bonchev–Trinajstić information content (AvgIpc) is 3.22. The van der Waals surface area contributed by atoms with Crippen molar-refractivity contribution in [1.29, 1.82) is 0 Å². The summed E-state index contributed by atoms with van der Waals surface area (Å²) in [5, 5.41) is 15.3. The van der Waals surface area contributed by atoms with E-state index < -0.39 is 5.60 Å². The van der Waals surface area contributed by atoms with E-state index in [0.29, 0.717) is 38.1 Å². The smallest absolute Gasteiger partial charge is 0.171 e. The predicted octanol–water partition coefficient (Wildman–Crippen LogP) is 2.78. The molecular weight excluding hydrogens is 382 g/mol. The van der Waals surface area contributed by atoms with Gasteiger partial charge in [-0.3, -0.25) is 0 Å². The highest BCUT2D eigenvalue weighted by Crippen LogP contribution is 2.32. The number of hydrogen-bond donors (Lipinski definition) is 1. The van der Waals surface area contributed by atoms with Crippen LogP contribution in [0, 0.1) is 0 Å². The highest BCUT2D eigenvalue weighted by Gasteiger charge is 2.35. The highest BCUT2D eigenvalue weighted by molar-refractivity contribution is 5.62. The fraction of sp³-hybridized carbons (Fsp3) is 0.409. The molecule has 1 aliphatic heterocycles. The van der Waals surface area contributed by atoms with Crippen LogP contribution in [0.3, 0.4) is 0 Å². The molecule has 0 bridgehead atoms. The summed E-state index contributed by atoms with van der Waals surface area (Å²) in [6.07, 6.45) is 5.07. The van der Waals surface area contributed by atoms with Gasteiger partial charge in [0.05, 0.1) is 12.7 Å². The van der Waals surface area contributed by atoms with Gasteiger partial charge in [-0.25, -0.2) is 9.97 Å². The van der Waals surface area contributed by atoms with E-state index in [2.05, 4.69) is 20.0 Å². The summed E-state index contributed by atoms with van der Waals surface area (Å²) < 4.78 is 10.8. The lowest BCUT2D eigenvalue weighted by molar-refractivity contribution is 0.0108. The fourth-order valence-electron chi connectivity index (χ4n) is 3.81. The van der Waals surface area contributed by atoms with Crippen LogP contribution in [0.4, 0.5) is 11.6 Å². The van der Waals surface area contributed by atoms with Crippen molar-refractivity contribution in [2.24, 2.45) is 0 Å². The lowest BCUT2D eigenvalue weighted by atomic mass is 9.87. The molecular formula is C22H27N5O3. The third-order valence-electron chi connectivity index (χ3n) is 5.51. The number of nitrogens with zero attached hydrogens (tertiary/aromatic N) is 5. The second-order valence-electron chi connectivity index (χ2n) is 7.90. The van der Waals surface area contributed by atoms with Gasteiger partial charge < -0.3 is 24.2 Å². The summed E-state index contributed by atoms with van der Waals surface area (Å²) in [4.78, 5) is 13.1. The molecule has 8 heteroatoms. The number of aliphatic hydroxyl groups is 1. The molecule has 3 aromatic rings. The molecule has 1 aliphatic rings. The molecule has 3 heterocycles. The molecule has 8 nitrogen and oxygen atoms in total. The van der Waals surface area contributed by atoms with E-state index in [9.17, 15) is 5.11 Å². The first-order valence-corrected chi connectivity index (χ1v) is 10.0. The molecule has 0 atom stereocenters. The summed E-state index contributed by atoms with van der Waals surface area (Å²) >= 11 is 0. The summed E-state index contributed by atoms with van der Waals surface area (Å²) in [6, 6.07) is 9.57. The number of methoxy groups -OCH3 is 1. The Morgan fingerprint density at radius 3 is 2.67 bits per heavy atom. The second-order valence-corrected chi connectivity index (χ2v) is 7.90. The molecule has 0 amide bonds. The zero-order valence-electron chi connectivity index (χ0n) is 17.6. The number of aromatic nitrogens is 3. The molecule has 1 fully saturated rings. The Balaban J connectivity index is 1.43. The van der Waals surface area contributed by atoms with Crippen molar-refractivity contribution in [2.45, 2.75) is 24.9 Å². The Hall–Kier alpha value is -3.13.